The minimum Gasteiger partial charge on any atom is -0.481 e. The molecule has 0 heterocycles. The molecule has 5 nitrogen and oxygen atoms in total. The number of hydrogen-bond acceptors (Lipinski definition) is 3. The van der Waals surface area contributed by atoms with E-state index in [0.717, 1.165) is 32.1 Å². The number of methoxy groups -OCH3 is 1. The number of rotatable bonds is 7. The highest BCUT2D eigenvalue weighted by molar-refractivity contribution is 5.78. The molecule has 116 valence electrons. The van der Waals surface area contributed by atoms with Crippen LogP contribution in [0.5, 0.6) is 0 Å². The maximum atomic E-state index is 12.3. The van der Waals surface area contributed by atoms with Crippen LogP contribution in [0.25, 0.3) is 0 Å². The van der Waals surface area contributed by atoms with Crippen LogP contribution in [0.3, 0.4) is 0 Å². The fourth-order valence-electron chi connectivity index (χ4n) is 3.00. The van der Waals surface area contributed by atoms with Crippen molar-refractivity contribution in [1.29, 1.82) is 0 Å². The lowest BCUT2D eigenvalue weighted by molar-refractivity contribution is -0.146. The van der Waals surface area contributed by atoms with Crippen LogP contribution in [0.4, 0.5) is 0 Å². The quantitative estimate of drug-likeness (QED) is 0.780. The Morgan fingerprint density at radius 3 is 2.40 bits per heavy atom. The molecule has 20 heavy (non-hydrogen) atoms. The van der Waals surface area contributed by atoms with E-state index in [2.05, 4.69) is 0 Å². The summed E-state index contributed by atoms with van der Waals surface area (Å²) in [6.45, 7) is 1.93. The number of carbonyl (C=O) groups is 2. The lowest BCUT2D eigenvalue weighted by atomic mass is 9.78. The molecule has 1 aliphatic carbocycles. The highest BCUT2D eigenvalue weighted by Gasteiger charge is 2.40. The molecule has 0 radical (unpaired) electrons. The number of ether oxygens (including phenoxy) is 1. The molecule has 5 heteroatoms. The van der Waals surface area contributed by atoms with Gasteiger partial charge in [0.25, 0.3) is 0 Å². The summed E-state index contributed by atoms with van der Waals surface area (Å²) in [5, 5.41) is 9.16. The maximum absolute atomic E-state index is 12.3. The van der Waals surface area contributed by atoms with E-state index < -0.39 is 11.5 Å². The zero-order valence-electron chi connectivity index (χ0n) is 12.9. The van der Waals surface area contributed by atoms with E-state index in [0.29, 0.717) is 12.8 Å². The van der Waals surface area contributed by atoms with E-state index in [-0.39, 0.29) is 18.4 Å². The van der Waals surface area contributed by atoms with Crippen LogP contribution >= 0.6 is 0 Å². The van der Waals surface area contributed by atoms with Crippen LogP contribution in [0.2, 0.25) is 0 Å². The van der Waals surface area contributed by atoms with Gasteiger partial charge in [-0.1, -0.05) is 19.3 Å². The molecule has 0 bridgehead atoms. The van der Waals surface area contributed by atoms with Gasteiger partial charge in [-0.25, -0.2) is 0 Å². The second-order valence-corrected chi connectivity index (χ2v) is 5.89. The van der Waals surface area contributed by atoms with Gasteiger partial charge in [0.2, 0.25) is 5.91 Å². The first-order chi connectivity index (χ1) is 9.41. The number of nitrogens with zero attached hydrogens (tertiary/aromatic N) is 1. The van der Waals surface area contributed by atoms with Gasteiger partial charge in [-0.05, 0) is 26.2 Å². The van der Waals surface area contributed by atoms with Gasteiger partial charge in [0.05, 0.1) is 18.1 Å². The van der Waals surface area contributed by atoms with Crippen LogP contribution in [0.15, 0.2) is 0 Å². The predicted octanol–water partition coefficient (Wildman–Crippen LogP) is 2.44. The molecule has 1 aliphatic rings. The smallest absolute Gasteiger partial charge is 0.305 e. The topological polar surface area (TPSA) is 66.8 Å². The van der Waals surface area contributed by atoms with Crippen molar-refractivity contribution < 1.29 is 19.4 Å². The summed E-state index contributed by atoms with van der Waals surface area (Å²) in [5.41, 5.74) is -0.489. The molecule has 1 saturated carbocycles. The molecule has 1 fully saturated rings. The van der Waals surface area contributed by atoms with E-state index >= 15 is 0 Å². The molecule has 0 spiro atoms. The van der Waals surface area contributed by atoms with E-state index in [1.807, 2.05) is 6.92 Å². The third kappa shape index (κ3) is 4.47. The summed E-state index contributed by atoms with van der Waals surface area (Å²) in [6, 6.07) is 0. The number of carboxylic acids is 1. The number of amides is 1. The second kappa shape index (κ2) is 7.62. The summed E-state index contributed by atoms with van der Waals surface area (Å²) in [7, 11) is 3.39. The van der Waals surface area contributed by atoms with Crippen molar-refractivity contribution >= 4 is 11.9 Å². The summed E-state index contributed by atoms with van der Waals surface area (Å²) in [6.07, 6.45) is 5.89. The normalized spacial score (nSPS) is 19.4. The van der Waals surface area contributed by atoms with E-state index in [1.54, 1.807) is 19.1 Å². The van der Waals surface area contributed by atoms with E-state index in [4.69, 9.17) is 9.84 Å². The Bertz CT molecular complexity index is 337. The molecule has 1 N–H and O–H groups in total. The van der Waals surface area contributed by atoms with Gasteiger partial charge in [0, 0.05) is 20.6 Å². The Kier molecular flexibility index (Phi) is 6.46. The molecule has 0 aromatic carbocycles. The summed E-state index contributed by atoms with van der Waals surface area (Å²) >= 11 is 0. The highest BCUT2D eigenvalue weighted by atomic mass is 16.5. The summed E-state index contributed by atoms with van der Waals surface area (Å²) < 4.78 is 5.15. The zero-order chi connectivity index (χ0) is 15.2. The van der Waals surface area contributed by atoms with Crippen molar-refractivity contribution in [3.05, 3.63) is 0 Å². The van der Waals surface area contributed by atoms with Gasteiger partial charge in [0.15, 0.2) is 0 Å². The van der Waals surface area contributed by atoms with Crippen LogP contribution in [0.1, 0.15) is 58.3 Å². The zero-order valence-corrected chi connectivity index (χ0v) is 12.9. The molecule has 1 amide bonds. The largest absolute Gasteiger partial charge is 0.481 e. The Labute approximate surface area is 121 Å². The highest BCUT2D eigenvalue weighted by Crippen LogP contribution is 2.36. The van der Waals surface area contributed by atoms with Crippen LogP contribution in [0, 0.1) is 0 Å². The molecule has 0 aliphatic heterocycles. The number of aliphatic carboxylic acids is 1. The van der Waals surface area contributed by atoms with Crippen molar-refractivity contribution in [2.45, 2.75) is 69.9 Å². The summed E-state index contributed by atoms with van der Waals surface area (Å²) in [5.74, 6) is -0.797. The minimum absolute atomic E-state index is 0.0250. The molecule has 0 saturated heterocycles. The summed E-state index contributed by atoms with van der Waals surface area (Å²) in [4.78, 5) is 25.2. The average molecular weight is 285 g/mol. The van der Waals surface area contributed by atoms with Gasteiger partial charge >= 0.3 is 5.97 Å². The van der Waals surface area contributed by atoms with Crippen molar-refractivity contribution in [2.75, 3.05) is 14.2 Å². The van der Waals surface area contributed by atoms with Crippen molar-refractivity contribution in [3.8, 4) is 0 Å². The first-order valence-electron chi connectivity index (χ1n) is 7.42. The fraction of sp³-hybridized carbons (Fsp3) is 0.867. The molecule has 1 rings (SSSR count). The monoisotopic (exact) mass is 285 g/mol. The van der Waals surface area contributed by atoms with Gasteiger partial charge in [-0.3, -0.25) is 9.59 Å². The van der Waals surface area contributed by atoms with Gasteiger partial charge in [0.1, 0.15) is 0 Å². The molecule has 0 aromatic rings. The lowest BCUT2D eigenvalue weighted by Crippen LogP contribution is -2.52. The maximum Gasteiger partial charge on any atom is 0.305 e. The predicted molar refractivity (Wildman–Crippen MR) is 76.5 cm³/mol. The number of hydrogen-bond donors (Lipinski definition) is 1. The first kappa shape index (κ1) is 17.0. The van der Waals surface area contributed by atoms with E-state index in [9.17, 15) is 9.59 Å². The fourth-order valence-corrected chi connectivity index (χ4v) is 3.00. The van der Waals surface area contributed by atoms with Gasteiger partial charge < -0.3 is 14.7 Å². The van der Waals surface area contributed by atoms with Crippen LogP contribution < -0.4 is 0 Å². The molecular weight excluding hydrogens is 258 g/mol. The van der Waals surface area contributed by atoms with Crippen LogP contribution in [-0.4, -0.2) is 47.7 Å². The van der Waals surface area contributed by atoms with E-state index in [1.165, 1.54) is 0 Å². The number of carbonyl (C=O) groups excluding carboxylic acids is 1. The average Bonchev–Trinajstić information content (AvgIpc) is 2.43. The molecular formula is C15H27NO4. The Morgan fingerprint density at radius 2 is 1.90 bits per heavy atom. The van der Waals surface area contributed by atoms with Crippen molar-refractivity contribution in [1.82, 2.24) is 4.90 Å². The molecule has 0 aromatic heterocycles. The SMILES string of the molecule is COC(C)CCC(=O)N(C)C1(CC(=O)O)CCCCC1. The van der Waals surface area contributed by atoms with Gasteiger partial charge in [-0.2, -0.15) is 0 Å². The first-order valence-corrected chi connectivity index (χ1v) is 7.42. The second-order valence-electron chi connectivity index (χ2n) is 5.89. The molecule has 1 unspecified atom stereocenters. The van der Waals surface area contributed by atoms with Gasteiger partial charge in [-0.15, -0.1) is 0 Å². The van der Waals surface area contributed by atoms with Crippen molar-refractivity contribution in [2.24, 2.45) is 0 Å². The lowest BCUT2D eigenvalue weighted by Gasteiger charge is -2.44. The minimum atomic E-state index is -0.822. The Hall–Kier alpha value is -1.10. The van der Waals surface area contributed by atoms with Crippen molar-refractivity contribution in [3.63, 3.8) is 0 Å². The standard InChI is InChI=1S/C15H27NO4/c1-12(20-3)7-8-13(17)16(2)15(11-14(18)19)9-5-4-6-10-15/h12H,4-11H2,1-3H3,(H,18,19). The molecule has 1 atom stereocenters. The van der Waals surface area contributed by atoms with Crippen LogP contribution in [-0.2, 0) is 14.3 Å². The Morgan fingerprint density at radius 1 is 1.30 bits per heavy atom. The third-order valence-electron chi connectivity index (χ3n) is 4.52. The third-order valence-corrected chi connectivity index (χ3v) is 4.52. The number of carboxylic acid groups (broad SMARTS) is 1. The Balaban J connectivity index is 2.69.